The summed E-state index contributed by atoms with van der Waals surface area (Å²) in [6, 6.07) is 0.597. The van der Waals surface area contributed by atoms with E-state index >= 15 is 0 Å². The molecule has 0 saturated carbocycles. The van der Waals surface area contributed by atoms with Crippen molar-refractivity contribution in [3.63, 3.8) is 0 Å². The Morgan fingerprint density at radius 3 is 2.64 bits per heavy atom. The molecule has 0 bridgehead atoms. The van der Waals surface area contributed by atoms with Crippen LogP contribution in [0.3, 0.4) is 0 Å². The Balaban J connectivity index is 2.44. The lowest BCUT2D eigenvalue weighted by molar-refractivity contribution is 0.537. The molecule has 0 aromatic carbocycles. The molecule has 0 spiro atoms. The number of rotatable bonds is 5. The minimum atomic E-state index is 0.553. The van der Waals surface area contributed by atoms with Crippen LogP contribution in [0.25, 0.3) is 0 Å². The van der Waals surface area contributed by atoms with Gasteiger partial charge in [-0.1, -0.05) is 20.8 Å². The summed E-state index contributed by atoms with van der Waals surface area (Å²) in [6.45, 7) is 9.74. The summed E-state index contributed by atoms with van der Waals surface area (Å²) in [6.07, 6.45) is 3.17. The monoisotopic (exact) mass is 212 g/mol. The molecule has 1 unspecified atom stereocenters. The summed E-state index contributed by atoms with van der Waals surface area (Å²) >= 11 is 1.82. The van der Waals surface area contributed by atoms with Crippen molar-refractivity contribution in [2.24, 2.45) is 0 Å². The number of hydrogen-bond acceptors (Lipinski definition) is 3. The van der Waals surface area contributed by atoms with E-state index in [1.807, 2.05) is 17.5 Å². The molecule has 1 aromatic rings. The number of thiazole rings is 1. The third-order valence-corrected chi connectivity index (χ3v) is 3.60. The normalized spacial score (nSPS) is 13.5. The zero-order chi connectivity index (χ0) is 10.6. The van der Waals surface area contributed by atoms with Gasteiger partial charge in [-0.05, 0) is 13.3 Å². The van der Waals surface area contributed by atoms with Crippen molar-refractivity contribution in [1.82, 2.24) is 10.3 Å². The van der Waals surface area contributed by atoms with Crippen molar-refractivity contribution in [2.75, 3.05) is 0 Å². The fourth-order valence-electron chi connectivity index (χ4n) is 1.09. The van der Waals surface area contributed by atoms with Crippen LogP contribution in [-0.4, -0.2) is 11.0 Å². The highest BCUT2D eigenvalue weighted by atomic mass is 32.1. The third-order valence-electron chi connectivity index (χ3n) is 2.30. The molecule has 0 fully saturated rings. The average Bonchev–Trinajstić information content (AvgIpc) is 2.62. The predicted octanol–water partition coefficient (Wildman–Crippen LogP) is 3.15. The molecule has 80 valence electrons. The summed E-state index contributed by atoms with van der Waals surface area (Å²) in [7, 11) is 0. The zero-order valence-electron chi connectivity index (χ0n) is 9.50. The fourth-order valence-corrected chi connectivity index (χ4v) is 1.96. The lowest BCUT2D eigenvalue weighted by Gasteiger charge is -2.08. The van der Waals surface area contributed by atoms with Crippen LogP contribution in [-0.2, 0) is 6.54 Å². The summed E-state index contributed by atoms with van der Waals surface area (Å²) in [5, 5.41) is 4.71. The first-order valence-electron chi connectivity index (χ1n) is 5.31. The SMILES string of the molecule is CCC(C)NCc1cnc(C(C)C)s1. The van der Waals surface area contributed by atoms with Gasteiger partial charge in [0.1, 0.15) is 0 Å². The van der Waals surface area contributed by atoms with Gasteiger partial charge in [0, 0.05) is 29.6 Å². The van der Waals surface area contributed by atoms with Crippen LogP contribution >= 0.6 is 11.3 Å². The molecule has 1 N–H and O–H groups in total. The maximum Gasteiger partial charge on any atom is 0.0953 e. The van der Waals surface area contributed by atoms with E-state index in [0.29, 0.717) is 12.0 Å². The van der Waals surface area contributed by atoms with Crippen LogP contribution in [0.2, 0.25) is 0 Å². The molecule has 0 aliphatic carbocycles. The molecular formula is C11H20N2S. The Hall–Kier alpha value is -0.410. The third kappa shape index (κ3) is 3.39. The molecule has 14 heavy (non-hydrogen) atoms. The Bertz CT molecular complexity index is 268. The minimum Gasteiger partial charge on any atom is -0.309 e. The van der Waals surface area contributed by atoms with E-state index in [9.17, 15) is 0 Å². The molecular weight excluding hydrogens is 192 g/mol. The molecule has 2 nitrogen and oxygen atoms in total. The lowest BCUT2D eigenvalue weighted by atomic mass is 10.2. The molecule has 0 aliphatic heterocycles. The molecule has 1 heterocycles. The first-order valence-corrected chi connectivity index (χ1v) is 6.13. The van der Waals surface area contributed by atoms with Gasteiger partial charge in [0.15, 0.2) is 0 Å². The van der Waals surface area contributed by atoms with Crippen LogP contribution in [0.15, 0.2) is 6.20 Å². The van der Waals surface area contributed by atoms with Gasteiger partial charge in [-0.25, -0.2) is 4.98 Å². The summed E-state index contributed by atoms with van der Waals surface area (Å²) in [5.41, 5.74) is 0. The van der Waals surface area contributed by atoms with E-state index in [1.54, 1.807) is 0 Å². The fraction of sp³-hybridized carbons (Fsp3) is 0.727. The second-order valence-corrected chi connectivity index (χ2v) is 5.16. The second-order valence-electron chi connectivity index (χ2n) is 4.01. The lowest BCUT2D eigenvalue weighted by Crippen LogP contribution is -2.23. The molecule has 1 aromatic heterocycles. The van der Waals surface area contributed by atoms with E-state index in [0.717, 1.165) is 6.54 Å². The average molecular weight is 212 g/mol. The maximum absolute atomic E-state index is 4.40. The first-order chi connectivity index (χ1) is 6.63. The van der Waals surface area contributed by atoms with Gasteiger partial charge in [-0.15, -0.1) is 11.3 Å². The van der Waals surface area contributed by atoms with E-state index < -0.39 is 0 Å². The molecule has 1 rings (SSSR count). The highest BCUT2D eigenvalue weighted by Gasteiger charge is 2.06. The Morgan fingerprint density at radius 2 is 2.14 bits per heavy atom. The number of aromatic nitrogens is 1. The van der Waals surface area contributed by atoms with Gasteiger partial charge in [0.25, 0.3) is 0 Å². The molecule has 1 atom stereocenters. The van der Waals surface area contributed by atoms with Crippen molar-refractivity contribution in [3.05, 3.63) is 16.1 Å². The van der Waals surface area contributed by atoms with Crippen molar-refractivity contribution in [3.8, 4) is 0 Å². The smallest absolute Gasteiger partial charge is 0.0953 e. The van der Waals surface area contributed by atoms with Crippen molar-refractivity contribution in [1.29, 1.82) is 0 Å². The standard InChI is InChI=1S/C11H20N2S/c1-5-9(4)12-6-10-7-13-11(14-10)8(2)3/h7-9,12H,5-6H2,1-4H3. The van der Waals surface area contributed by atoms with Gasteiger partial charge in [0.05, 0.1) is 5.01 Å². The highest BCUT2D eigenvalue weighted by molar-refractivity contribution is 7.11. The Labute approximate surface area is 90.8 Å². The number of nitrogens with zero attached hydrogens (tertiary/aromatic N) is 1. The minimum absolute atomic E-state index is 0.553. The van der Waals surface area contributed by atoms with Gasteiger partial charge >= 0.3 is 0 Å². The van der Waals surface area contributed by atoms with Crippen LogP contribution in [0.5, 0.6) is 0 Å². The number of hydrogen-bond donors (Lipinski definition) is 1. The van der Waals surface area contributed by atoms with Crippen LogP contribution in [0, 0.1) is 0 Å². The Kier molecular flexibility index (Phi) is 4.55. The predicted molar refractivity (Wildman–Crippen MR) is 62.8 cm³/mol. The van der Waals surface area contributed by atoms with E-state index in [4.69, 9.17) is 0 Å². The van der Waals surface area contributed by atoms with Gasteiger partial charge < -0.3 is 5.32 Å². The highest BCUT2D eigenvalue weighted by Crippen LogP contribution is 2.20. The molecule has 0 radical (unpaired) electrons. The van der Waals surface area contributed by atoms with E-state index in [2.05, 4.69) is 38.0 Å². The molecule has 0 aliphatic rings. The summed E-state index contributed by atoms with van der Waals surface area (Å²) in [5.74, 6) is 0.553. The van der Waals surface area contributed by atoms with Crippen LogP contribution < -0.4 is 5.32 Å². The number of nitrogens with one attached hydrogen (secondary N) is 1. The van der Waals surface area contributed by atoms with Gasteiger partial charge in [-0.2, -0.15) is 0 Å². The second kappa shape index (κ2) is 5.47. The van der Waals surface area contributed by atoms with Gasteiger partial charge in [-0.3, -0.25) is 0 Å². The maximum atomic E-state index is 4.40. The quantitative estimate of drug-likeness (QED) is 0.811. The van der Waals surface area contributed by atoms with Crippen LogP contribution in [0.4, 0.5) is 0 Å². The van der Waals surface area contributed by atoms with Crippen molar-refractivity contribution >= 4 is 11.3 Å². The largest absolute Gasteiger partial charge is 0.309 e. The summed E-state index contributed by atoms with van der Waals surface area (Å²) in [4.78, 5) is 5.74. The van der Waals surface area contributed by atoms with E-state index in [-0.39, 0.29) is 0 Å². The van der Waals surface area contributed by atoms with Gasteiger partial charge in [0.2, 0.25) is 0 Å². The van der Waals surface area contributed by atoms with Crippen molar-refractivity contribution in [2.45, 2.75) is 52.6 Å². The van der Waals surface area contributed by atoms with Crippen LogP contribution in [0.1, 0.15) is 49.9 Å². The van der Waals surface area contributed by atoms with E-state index in [1.165, 1.54) is 16.3 Å². The molecule has 0 saturated heterocycles. The summed E-state index contributed by atoms with van der Waals surface area (Å²) < 4.78 is 0. The Morgan fingerprint density at radius 1 is 1.43 bits per heavy atom. The topological polar surface area (TPSA) is 24.9 Å². The molecule has 0 amide bonds. The molecule has 3 heteroatoms. The zero-order valence-corrected chi connectivity index (χ0v) is 10.3. The first kappa shape index (κ1) is 11.7. The van der Waals surface area contributed by atoms with Crippen molar-refractivity contribution < 1.29 is 0 Å².